The maximum atomic E-state index is 9.78. The van der Waals surface area contributed by atoms with E-state index >= 15 is 0 Å². The van der Waals surface area contributed by atoms with Crippen LogP contribution in [0.4, 0.5) is 0 Å². The zero-order valence-electron chi connectivity index (χ0n) is 11.6. The lowest BCUT2D eigenvalue weighted by Crippen LogP contribution is -2.43. The monoisotopic (exact) mass is 274 g/mol. The van der Waals surface area contributed by atoms with Crippen molar-refractivity contribution in [2.45, 2.75) is 13.0 Å². The van der Waals surface area contributed by atoms with E-state index in [0.717, 1.165) is 12.0 Å². The van der Waals surface area contributed by atoms with Crippen molar-refractivity contribution in [1.29, 1.82) is 0 Å². The molecule has 3 atom stereocenters. The van der Waals surface area contributed by atoms with Gasteiger partial charge in [0.2, 0.25) is 0 Å². The van der Waals surface area contributed by atoms with Crippen LogP contribution < -0.4 is 0 Å². The van der Waals surface area contributed by atoms with Gasteiger partial charge in [-0.05, 0) is 29.7 Å². The molecule has 0 unspecified atom stereocenters. The Morgan fingerprint density at radius 1 is 1.10 bits per heavy atom. The van der Waals surface area contributed by atoms with E-state index in [1.165, 1.54) is 0 Å². The first-order chi connectivity index (χ1) is 9.80. The van der Waals surface area contributed by atoms with Gasteiger partial charge >= 0.3 is 0 Å². The summed E-state index contributed by atoms with van der Waals surface area (Å²) in [4.78, 5) is 0. The van der Waals surface area contributed by atoms with E-state index in [9.17, 15) is 10.2 Å². The highest BCUT2D eigenvalue weighted by atomic mass is 16.5. The van der Waals surface area contributed by atoms with Gasteiger partial charge < -0.3 is 14.9 Å². The SMILES string of the molecule is OCC1(CO)[C@@H]2C=C[C@@H](C2)[C@@H]1COCc1ccccc1. The van der Waals surface area contributed by atoms with Crippen LogP contribution in [0.5, 0.6) is 0 Å². The lowest BCUT2D eigenvalue weighted by atomic mass is 9.70. The molecule has 0 radical (unpaired) electrons. The second-order valence-electron chi connectivity index (χ2n) is 6.05. The zero-order valence-corrected chi connectivity index (χ0v) is 11.6. The van der Waals surface area contributed by atoms with Crippen molar-refractivity contribution in [2.24, 2.45) is 23.2 Å². The molecule has 3 nitrogen and oxygen atoms in total. The zero-order chi connectivity index (χ0) is 14.0. The Kier molecular flexibility index (Phi) is 3.92. The molecule has 0 aliphatic heterocycles. The largest absolute Gasteiger partial charge is 0.396 e. The highest BCUT2D eigenvalue weighted by Crippen LogP contribution is 2.55. The second kappa shape index (κ2) is 5.68. The molecule has 108 valence electrons. The quantitative estimate of drug-likeness (QED) is 0.780. The molecule has 20 heavy (non-hydrogen) atoms. The van der Waals surface area contributed by atoms with Crippen LogP contribution in [-0.4, -0.2) is 30.0 Å². The van der Waals surface area contributed by atoms with Crippen LogP contribution in [0.25, 0.3) is 0 Å². The molecule has 2 bridgehead atoms. The Bertz CT molecular complexity index is 464. The Hall–Kier alpha value is -1.16. The summed E-state index contributed by atoms with van der Waals surface area (Å²) in [6.45, 7) is 1.26. The van der Waals surface area contributed by atoms with Gasteiger partial charge in [-0.25, -0.2) is 0 Å². The number of fused-ring (bicyclic) bond motifs is 2. The number of ether oxygens (including phenoxy) is 1. The third-order valence-corrected chi connectivity index (χ3v) is 5.11. The molecule has 1 aromatic carbocycles. The minimum Gasteiger partial charge on any atom is -0.396 e. The van der Waals surface area contributed by atoms with Gasteiger partial charge in [-0.3, -0.25) is 0 Å². The number of rotatable bonds is 6. The van der Waals surface area contributed by atoms with Crippen molar-refractivity contribution in [3.05, 3.63) is 48.0 Å². The number of hydrogen-bond donors (Lipinski definition) is 2. The van der Waals surface area contributed by atoms with E-state index in [4.69, 9.17) is 4.74 Å². The highest BCUT2D eigenvalue weighted by molar-refractivity contribution is 5.19. The molecule has 2 aliphatic rings. The number of aliphatic hydroxyl groups excluding tert-OH is 2. The standard InChI is InChI=1S/C17H22O3/c18-11-17(12-19)15-7-6-14(8-15)16(17)10-20-9-13-4-2-1-3-5-13/h1-7,14-16,18-19H,8-12H2/t14-,15+,16-/m0/s1. The third-order valence-electron chi connectivity index (χ3n) is 5.11. The van der Waals surface area contributed by atoms with Crippen LogP contribution in [0.3, 0.4) is 0 Å². The van der Waals surface area contributed by atoms with E-state index in [2.05, 4.69) is 12.2 Å². The van der Waals surface area contributed by atoms with Crippen LogP contribution in [-0.2, 0) is 11.3 Å². The Balaban J connectivity index is 1.63. The molecule has 3 rings (SSSR count). The minimum atomic E-state index is -0.393. The number of benzene rings is 1. The van der Waals surface area contributed by atoms with E-state index in [0.29, 0.717) is 25.0 Å². The number of hydrogen-bond acceptors (Lipinski definition) is 3. The second-order valence-corrected chi connectivity index (χ2v) is 6.05. The predicted octanol–water partition coefficient (Wildman–Crippen LogP) is 2.00. The van der Waals surface area contributed by atoms with Crippen molar-refractivity contribution in [1.82, 2.24) is 0 Å². The molecule has 0 amide bonds. The molecular formula is C17H22O3. The molecule has 1 aromatic rings. The molecule has 0 saturated heterocycles. The molecular weight excluding hydrogens is 252 g/mol. The van der Waals surface area contributed by atoms with Crippen LogP contribution >= 0.6 is 0 Å². The lowest BCUT2D eigenvalue weighted by molar-refractivity contribution is -0.0459. The maximum Gasteiger partial charge on any atom is 0.0717 e. The lowest BCUT2D eigenvalue weighted by Gasteiger charge is -2.39. The topological polar surface area (TPSA) is 49.7 Å². The van der Waals surface area contributed by atoms with E-state index < -0.39 is 5.41 Å². The van der Waals surface area contributed by atoms with Gasteiger partial charge in [0.25, 0.3) is 0 Å². The average molecular weight is 274 g/mol. The van der Waals surface area contributed by atoms with Crippen LogP contribution in [0, 0.1) is 23.2 Å². The average Bonchev–Trinajstić information content (AvgIpc) is 3.08. The predicted molar refractivity (Wildman–Crippen MR) is 76.9 cm³/mol. The van der Waals surface area contributed by atoms with Gasteiger partial charge in [-0.2, -0.15) is 0 Å². The first-order valence-corrected chi connectivity index (χ1v) is 7.32. The van der Waals surface area contributed by atoms with Crippen LogP contribution in [0.15, 0.2) is 42.5 Å². The minimum absolute atomic E-state index is 0.0361. The van der Waals surface area contributed by atoms with Gasteiger partial charge in [0.15, 0.2) is 0 Å². The fourth-order valence-electron chi connectivity index (χ4n) is 3.84. The van der Waals surface area contributed by atoms with Gasteiger partial charge in [0, 0.05) is 5.41 Å². The summed E-state index contributed by atoms with van der Waals surface area (Å²) in [5, 5.41) is 19.6. The Labute approximate surface area is 119 Å². The molecule has 0 spiro atoms. The first kappa shape index (κ1) is 13.8. The maximum absolute atomic E-state index is 9.78. The third kappa shape index (κ3) is 2.20. The van der Waals surface area contributed by atoms with Crippen LogP contribution in [0.2, 0.25) is 0 Å². The van der Waals surface area contributed by atoms with Gasteiger partial charge in [0.05, 0.1) is 26.4 Å². The fraction of sp³-hybridized carbons (Fsp3) is 0.529. The normalized spacial score (nSPS) is 30.0. The van der Waals surface area contributed by atoms with E-state index in [1.807, 2.05) is 30.3 Å². The van der Waals surface area contributed by atoms with Crippen molar-refractivity contribution >= 4 is 0 Å². The summed E-state index contributed by atoms with van der Waals surface area (Å²) in [5.41, 5.74) is 0.764. The van der Waals surface area contributed by atoms with Crippen molar-refractivity contribution in [3.63, 3.8) is 0 Å². The van der Waals surface area contributed by atoms with Crippen molar-refractivity contribution in [3.8, 4) is 0 Å². The van der Waals surface area contributed by atoms with Crippen molar-refractivity contribution < 1.29 is 14.9 Å². The summed E-state index contributed by atoms with van der Waals surface area (Å²) < 4.78 is 5.86. The summed E-state index contributed by atoms with van der Waals surface area (Å²) in [6.07, 6.45) is 5.43. The van der Waals surface area contributed by atoms with Crippen LogP contribution in [0.1, 0.15) is 12.0 Å². The molecule has 2 aliphatic carbocycles. The number of allylic oxidation sites excluding steroid dienone is 2. The first-order valence-electron chi connectivity index (χ1n) is 7.32. The van der Waals surface area contributed by atoms with Gasteiger partial charge in [-0.15, -0.1) is 0 Å². The van der Waals surface area contributed by atoms with Gasteiger partial charge in [0.1, 0.15) is 0 Å². The Morgan fingerprint density at radius 2 is 1.85 bits per heavy atom. The molecule has 1 fully saturated rings. The van der Waals surface area contributed by atoms with E-state index in [-0.39, 0.29) is 19.1 Å². The summed E-state index contributed by atoms with van der Waals surface area (Å²) in [7, 11) is 0. The summed E-state index contributed by atoms with van der Waals surface area (Å²) in [5.74, 6) is 0.958. The summed E-state index contributed by atoms with van der Waals surface area (Å²) >= 11 is 0. The highest BCUT2D eigenvalue weighted by Gasteiger charge is 2.55. The molecule has 3 heteroatoms. The van der Waals surface area contributed by atoms with Gasteiger partial charge in [-0.1, -0.05) is 42.5 Å². The molecule has 0 aromatic heterocycles. The molecule has 1 saturated carbocycles. The fourth-order valence-corrected chi connectivity index (χ4v) is 3.84. The Morgan fingerprint density at radius 3 is 2.55 bits per heavy atom. The summed E-state index contributed by atoms with van der Waals surface area (Å²) in [6, 6.07) is 10.1. The van der Waals surface area contributed by atoms with Crippen molar-refractivity contribution in [2.75, 3.05) is 19.8 Å². The smallest absolute Gasteiger partial charge is 0.0717 e. The molecule has 0 heterocycles. The van der Waals surface area contributed by atoms with E-state index in [1.54, 1.807) is 0 Å². The number of aliphatic hydroxyl groups is 2. The molecule has 2 N–H and O–H groups in total.